The van der Waals surface area contributed by atoms with Gasteiger partial charge >= 0.3 is 0 Å². The fourth-order valence-electron chi connectivity index (χ4n) is 4.32. The molecule has 1 saturated heterocycles. The maximum Gasteiger partial charge on any atom is 0.228 e. The van der Waals surface area contributed by atoms with Gasteiger partial charge in [-0.2, -0.15) is 25.1 Å². The van der Waals surface area contributed by atoms with Crippen molar-refractivity contribution < 1.29 is 4.74 Å². The summed E-state index contributed by atoms with van der Waals surface area (Å²) in [6.45, 7) is 4.88. The van der Waals surface area contributed by atoms with Crippen molar-refractivity contribution in [1.29, 1.82) is 0 Å². The normalized spacial score (nSPS) is 13.9. The lowest BCUT2D eigenvalue weighted by molar-refractivity contribution is 0.122. The first-order valence-electron chi connectivity index (χ1n) is 11.5. The Morgan fingerprint density at radius 2 is 1.69 bits per heavy atom. The Morgan fingerprint density at radius 3 is 2.46 bits per heavy atom. The monoisotopic (exact) mass is 467 g/mol. The molecule has 10 heteroatoms. The zero-order chi connectivity index (χ0) is 23.8. The van der Waals surface area contributed by atoms with E-state index in [1.807, 2.05) is 49.0 Å². The molecule has 1 aliphatic heterocycles. The molecule has 6 rings (SSSR count). The van der Waals surface area contributed by atoms with Crippen molar-refractivity contribution in [1.82, 2.24) is 34.7 Å². The van der Waals surface area contributed by atoms with Gasteiger partial charge in [0.15, 0.2) is 0 Å². The van der Waals surface area contributed by atoms with Gasteiger partial charge in [-0.3, -0.25) is 4.68 Å². The molecule has 0 radical (unpaired) electrons. The van der Waals surface area contributed by atoms with Crippen LogP contribution in [0.2, 0.25) is 0 Å². The summed E-state index contributed by atoms with van der Waals surface area (Å²) in [6, 6.07) is 16.2. The van der Waals surface area contributed by atoms with E-state index < -0.39 is 0 Å². The van der Waals surface area contributed by atoms with Crippen molar-refractivity contribution in [3.63, 3.8) is 0 Å². The van der Waals surface area contributed by atoms with Crippen molar-refractivity contribution >= 4 is 28.4 Å². The van der Waals surface area contributed by atoms with E-state index in [0.717, 1.165) is 58.1 Å². The number of aromatic nitrogens is 7. The topological polar surface area (TPSA) is 98.8 Å². The Balaban J connectivity index is 1.37. The Morgan fingerprint density at radius 1 is 0.914 bits per heavy atom. The minimum Gasteiger partial charge on any atom is -0.378 e. The fraction of sp³-hybridized carbons (Fsp3) is 0.240. The van der Waals surface area contributed by atoms with Crippen LogP contribution in [0.5, 0.6) is 0 Å². The lowest BCUT2D eigenvalue weighted by Gasteiger charge is -2.27. The lowest BCUT2D eigenvalue weighted by atomic mass is 10.1. The van der Waals surface area contributed by atoms with E-state index in [4.69, 9.17) is 14.7 Å². The molecule has 5 aromatic rings. The fourth-order valence-corrected chi connectivity index (χ4v) is 4.32. The highest BCUT2D eigenvalue weighted by atomic mass is 16.5. The van der Waals surface area contributed by atoms with Gasteiger partial charge in [0.05, 0.1) is 48.2 Å². The maximum absolute atomic E-state index is 5.53. The van der Waals surface area contributed by atoms with Crippen LogP contribution in [0, 0.1) is 6.92 Å². The highest BCUT2D eigenvalue weighted by molar-refractivity contribution is 5.86. The number of anilines is 3. The number of nitrogens with zero attached hydrogens (tertiary/aromatic N) is 8. The van der Waals surface area contributed by atoms with Crippen molar-refractivity contribution in [3.05, 3.63) is 66.6 Å². The summed E-state index contributed by atoms with van der Waals surface area (Å²) in [5.41, 5.74) is 5.75. The number of nitrogens with one attached hydrogen (secondary N) is 1. The van der Waals surface area contributed by atoms with Gasteiger partial charge in [0.1, 0.15) is 5.82 Å². The minimum absolute atomic E-state index is 0.666. The van der Waals surface area contributed by atoms with Gasteiger partial charge < -0.3 is 15.0 Å². The number of ether oxygens (including phenoxy) is 1. The SMILES string of the molecule is Cc1nn(C)c2cc(-c3cc(Nc4ccc(-n5nccn5)cc4)nc(N4CCOCC4)n3)ccc12. The number of hydrogen-bond donors (Lipinski definition) is 1. The van der Waals surface area contributed by atoms with E-state index in [-0.39, 0.29) is 0 Å². The molecular formula is C25H25N9O. The van der Waals surface area contributed by atoms with E-state index in [1.54, 1.807) is 17.2 Å². The average molecular weight is 468 g/mol. The van der Waals surface area contributed by atoms with E-state index in [0.29, 0.717) is 19.2 Å². The maximum atomic E-state index is 5.53. The summed E-state index contributed by atoms with van der Waals surface area (Å²) < 4.78 is 7.44. The highest BCUT2D eigenvalue weighted by Gasteiger charge is 2.17. The lowest BCUT2D eigenvalue weighted by Crippen LogP contribution is -2.37. The quantitative estimate of drug-likeness (QED) is 0.419. The van der Waals surface area contributed by atoms with E-state index in [9.17, 15) is 0 Å². The summed E-state index contributed by atoms with van der Waals surface area (Å²) in [5, 5.41) is 17.5. The first-order chi connectivity index (χ1) is 17.1. The third-order valence-corrected chi connectivity index (χ3v) is 6.13. The van der Waals surface area contributed by atoms with Gasteiger partial charge in [0.25, 0.3) is 0 Å². The number of aryl methyl sites for hydroxylation is 2. The van der Waals surface area contributed by atoms with Gasteiger partial charge in [-0.15, -0.1) is 0 Å². The van der Waals surface area contributed by atoms with E-state index in [2.05, 4.69) is 43.7 Å². The predicted molar refractivity (Wildman–Crippen MR) is 134 cm³/mol. The van der Waals surface area contributed by atoms with Crippen molar-refractivity contribution in [2.24, 2.45) is 7.05 Å². The third-order valence-electron chi connectivity index (χ3n) is 6.13. The molecule has 0 spiro atoms. The molecule has 0 aliphatic carbocycles. The Hall–Kier alpha value is -4.31. The summed E-state index contributed by atoms with van der Waals surface area (Å²) >= 11 is 0. The first kappa shape index (κ1) is 21.2. The second-order valence-corrected chi connectivity index (χ2v) is 8.47. The molecule has 0 saturated carbocycles. The van der Waals surface area contributed by atoms with Crippen LogP contribution in [0.25, 0.3) is 27.8 Å². The number of benzene rings is 2. The Bertz CT molecular complexity index is 1470. The second-order valence-electron chi connectivity index (χ2n) is 8.47. The molecule has 4 heterocycles. The molecule has 1 aliphatic rings. The van der Waals surface area contributed by atoms with E-state index >= 15 is 0 Å². The standard InChI is InChI=1S/C25H25N9O/c1-17-21-8-3-18(15-23(21)32(2)31-17)22-16-24(30-25(29-22)33-11-13-35-14-12-33)28-19-4-6-20(7-5-19)34-26-9-10-27-34/h3-10,15-16H,11-14H2,1-2H3,(H,28,29,30). The van der Waals surface area contributed by atoms with Gasteiger partial charge in [-0.1, -0.05) is 12.1 Å². The van der Waals surface area contributed by atoms with Gasteiger partial charge in [-0.05, 0) is 37.3 Å². The smallest absolute Gasteiger partial charge is 0.228 e. The molecule has 2 aromatic carbocycles. The number of fused-ring (bicyclic) bond motifs is 1. The molecule has 176 valence electrons. The van der Waals surface area contributed by atoms with Crippen LogP contribution in [0.1, 0.15) is 5.69 Å². The van der Waals surface area contributed by atoms with Gasteiger partial charge in [-0.25, -0.2) is 4.98 Å². The van der Waals surface area contributed by atoms with E-state index in [1.165, 1.54) is 0 Å². The molecule has 10 nitrogen and oxygen atoms in total. The first-order valence-corrected chi connectivity index (χ1v) is 11.5. The molecule has 35 heavy (non-hydrogen) atoms. The largest absolute Gasteiger partial charge is 0.378 e. The summed E-state index contributed by atoms with van der Waals surface area (Å²) in [5.74, 6) is 1.41. The molecule has 0 atom stereocenters. The zero-order valence-corrected chi connectivity index (χ0v) is 19.6. The van der Waals surface area contributed by atoms with Crippen LogP contribution < -0.4 is 10.2 Å². The molecule has 0 unspecified atom stereocenters. The van der Waals surface area contributed by atoms with Crippen molar-refractivity contribution in [3.8, 4) is 16.9 Å². The van der Waals surface area contributed by atoms with Crippen LogP contribution in [0.3, 0.4) is 0 Å². The average Bonchev–Trinajstić information content (AvgIpc) is 3.53. The number of rotatable bonds is 5. The van der Waals surface area contributed by atoms with Crippen LogP contribution in [0.15, 0.2) is 60.9 Å². The molecule has 1 fully saturated rings. The Kier molecular flexibility index (Phi) is 5.34. The Labute approximate surface area is 202 Å². The number of morpholine rings is 1. The van der Waals surface area contributed by atoms with Gasteiger partial charge in [0.2, 0.25) is 5.95 Å². The summed E-state index contributed by atoms with van der Waals surface area (Å²) in [4.78, 5) is 13.5. The zero-order valence-electron chi connectivity index (χ0n) is 19.6. The number of hydrogen-bond acceptors (Lipinski definition) is 8. The second kappa shape index (κ2) is 8.80. The van der Waals surface area contributed by atoms with Crippen LogP contribution in [-0.4, -0.2) is 61.0 Å². The van der Waals surface area contributed by atoms with Crippen molar-refractivity contribution in [2.75, 3.05) is 36.5 Å². The van der Waals surface area contributed by atoms with Crippen LogP contribution in [-0.2, 0) is 11.8 Å². The van der Waals surface area contributed by atoms with Crippen molar-refractivity contribution in [2.45, 2.75) is 6.92 Å². The third kappa shape index (κ3) is 4.19. The molecular weight excluding hydrogens is 442 g/mol. The summed E-state index contributed by atoms with van der Waals surface area (Å²) in [7, 11) is 1.97. The minimum atomic E-state index is 0.666. The molecule has 1 N–H and O–H groups in total. The summed E-state index contributed by atoms with van der Waals surface area (Å²) in [6.07, 6.45) is 3.32. The van der Waals surface area contributed by atoms with Gasteiger partial charge in [0, 0.05) is 42.8 Å². The predicted octanol–water partition coefficient (Wildman–Crippen LogP) is 3.50. The van der Waals surface area contributed by atoms with Crippen LogP contribution in [0.4, 0.5) is 17.5 Å². The van der Waals surface area contributed by atoms with Crippen LogP contribution >= 0.6 is 0 Å². The highest BCUT2D eigenvalue weighted by Crippen LogP contribution is 2.29. The molecule has 3 aromatic heterocycles. The molecule has 0 bridgehead atoms. The molecule has 0 amide bonds.